The Hall–Kier alpha value is -2.08. The summed E-state index contributed by atoms with van der Waals surface area (Å²) in [7, 11) is 0. The number of nitrogen functional groups attached to an aromatic ring is 1. The van der Waals surface area contributed by atoms with Gasteiger partial charge in [-0.25, -0.2) is 4.98 Å². The van der Waals surface area contributed by atoms with Gasteiger partial charge in [-0.1, -0.05) is 29.5 Å². The summed E-state index contributed by atoms with van der Waals surface area (Å²) in [6.45, 7) is 0. The van der Waals surface area contributed by atoms with Gasteiger partial charge in [0, 0.05) is 0 Å². The van der Waals surface area contributed by atoms with Gasteiger partial charge in [-0.05, 0) is 35.4 Å². The van der Waals surface area contributed by atoms with E-state index in [9.17, 15) is 13.2 Å². The fraction of sp³-hybridized carbons (Fsp3) is 0.0714. The van der Waals surface area contributed by atoms with E-state index in [0.717, 1.165) is 27.9 Å². The quantitative estimate of drug-likeness (QED) is 0.714. The van der Waals surface area contributed by atoms with Gasteiger partial charge in [-0.15, -0.1) is 0 Å². The van der Waals surface area contributed by atoms with Crippen LogP contribution < -0.4 is 5.73 Å². The molecule has 2 nitrogen and oxygen atoms in total. The van der Waals surface area contributed by atoms with E-state index in [-0.39, 0.29) is 0 Å². The van der Waals surface area contributed by atoms with Gasteiger partial charge in [0.2, 0.25) is 0 Å². The highest BCUT2D eigenvalue weighted by molar-refractivity contribution is 7.22. The molecular weight excluding hydrogens is 285 g/mol. The molecular formula is C14H9F3N2S. The van der Waals surface area contributed by atoms with Gasteiger partial charge < -0.3 is 5.73 Å². The Morgan fingerprint density at radius 2 is 1.60 bits per heavy atom. The molecule has 0 spiro atoms. The zero-order chi connectivity index (χ0) is 14.3. The number of benzene rings is 2. The molecule has 0 saturated heterocycles. The number of nitrogens with two attached hydrogens (primary N) is 1. The minimum absolute atomic E-state index is 0.476. The van der Waals surface area contributed by atoms with E-state index in [0.29, 0.717) is 10.7 Å². The highest BCUT2D eigenvalue weighted by atomic mass is 32.1. The summed E-state index contributed by atoms with van der Waals surface area (Å²) in [5.41, 5.74) is 7.26. The molecule has 0 aliphatic carbocycles. The second-order valence-corrected chi connectivity index (χ2v) is 5.37. The SMILES string of the molecule is Nc1nc2cc(-c3ccc(C(F)(F)F)cc3)ccc2s1. The molecule has 0 saturated carbocycles. The van der Waals surface area contributed by atoms with Crippen LogP contribution in [-0.4, -0.2) is 4.98 Å². The molecule has 0 aliphatic rings. The zero-order valence-corrected chi connectivity index (χ0v) is 10.9. The number of anilines is 1. The third kappa shape index (κ3) is 2.34. The molecule has 2 aromatic carbocycles. The van der Waals surface area contributed by atoms with Gasteiger partial charge in [0.25, 0.3) is 0 Å². The molecule has 0 amide bonds. The van der Waals surface area contributed by atoms with Crippen LogP contribution in [0.15, 0.2) is 42.5 Å². The summed E-state index contributed by atoms with van der Waals surface area (Å²) in [5, 5.41) is 0.476. The van der Waals surface area contributed by atoms with Gasteiger partial charge >= 0.3 is 6.18 Å². The minimum atomic E-state index is -4.31. The van der Waals surface area contributed by atoms with Crippen molar-refractivity contribution in [3.05, 3.63) is 48.0 Å². The first-order valence-electron chi connectivity index (χ1n) is 5.77. The van der Waals surface area contributed by atoms with Gasteiger partial charge in [0.1, 0.15) is 0 Å². The lowest BCUT2D eigenvalue weighted by Gasteiger charge is -2.07. The topological polar surface area (TPSA) is 38.9 Å². The lowest BCUT2D eigenvalue weighted by atomic mass is 10.0. The van der Waals surface area contributed by atoms with Gasteiger partial charge in [-0.2, -0.15) is 13.2 Å². The van der Waals surface area contributed by atoms with Crippen molar-refractivity contribution < 1.29 is 13.2 Å². The van der Waals surface area contributed by atoms with E-state index in [2.05, 4.69) is 4.98 Å². The molecule has 6 heteroatoms. The molecule has 0 fully saturated rings. The van der Waals surface area contributed by atoms with Crippen molar-refractivity contribution >= 4 is 26.7 Å². The van der Waals surface area contributed by atoms with Crippen molar-refractivity contribution in [3.63, 3.8) is 0 Å². The Bertz CT molecular complexity index is 760. The summed E-state index contributed by atoms with van der Waals surface area (Å²) >= 11 is 1.38. The van der Waals surface area contributed by atoms with Crippen LogP contribution in [0.2, 0.25) is 0 Å². The Morgan fingerprint density at radius 1 is 0.950 bits per heavy atom. The monoisotopic (exact) mass is 294 g/mol. The van der Waals surface area contributed by atoms with Crippen LogP contribution >= 0.6 is 11.3 Å². The second-order valence-electron chi connectivity index (χ2n) is 4.31. The normalized spacial score (nSPS) is 11.9. The summed E-state index contributed by atoms with van der Waals surface area (Å²) in [6, 6.07) is 10.6. The van der Waals surface area contributed by atoms with Crippen LogP contribution in [0.25, 0.3) is 21.3 Å². The van der Waals surface area contributed by atoms with Crippen LogP contribution in [0.1, 0.15) is 5.56 Å². The number of thiazole rings is 1. The second kappa shape index (κ2) is 4.49. The number of alkyl halides is 3. The molecule has 102 valence electrons. The highest BCUT2D eigenvalue weighted by Crippen LogP contribution is 2.32. The maximum Gasteiger partial charge on any atom is 0.416 e. The lowest BCUT2D eigenvalue weighted by molar-refractivity contribution is -0.137. The fourth-order valence-corrected chi connectivity index (χ4v) is 2.69. The molecule has 0 unspecified atom stereocenters. The van der Waals surface area contributed by atoms with Gasteiger partial charge in [0.15, 0.2) is 5.13 Å². The predicted octanol–water partition coefficient (Wildman–Crippen LogP) is 4.56. The molecule has 3 rings (SSSR count). The van der Waals surface area contributed by atoms with E-state index in [4.69, 9.17) is 5.73 Å². The number of aromatic nitrogens is 1. The number of hydrogen-bond donors (Lipinski definition) is 1. The molecule has 20 heavy (non-hydrogen) atoms. The zero-order valence-electron chi connectivity index (χ0n) is 10.1. The molecule has 2 N–H and O–H groups in total. The third-order valence-corrected chi connectivity index (χ3v) is 3.82. The van der Waals surface area contributed by atoms with E-state index in [1.807, 2.05) is 18.2 Å². The molecule has 0 atom stereocenters. The molecule has 0 radical (unpaired) electrons. The van der Waals surface area contributed by atoms with Crippen molar-refractivity contribution in [2.45, 2.75) is 6.18 Å². The van der Waals surface area contributed by atoms with Crippen LogP contribution in [-0.2, 0) is 6.18 Å². The number of halogens is 3. The van der Waals surface area contributed by atoms with Gasteiger partial charge in [-0.3, -0.25) is 0 Å². The van der Waals surface area contributed by atoms with Crippen LogP contribution in [0.5, 0.6) is 0 Å². The maximum atomic E-state index is 12.5. The Labute approximate surface area is 116 Å². The van der Waals surface area contributed by atoms with Crippen molar-refractivity contribution in [1.82, 2.24) is 4.98 Å². The standard InChI is InChI=1S/C14H9F3N2S/c15-14(16,17)10-4-1-8(2-5-10)9-3-6-12-11(7-9)19-13(18)20-12/h1-7H,(H2,18,19). The summed E-state index contributed by atoms with van der Waals surface area (Å²) in [5.74, 6) is 0. The minimum Gasteiger partial charge on any atom is -0.375 e. The smallest absolute Gasteiger partial charge is 0.375 e. The number of nitrogens with zero attached hydrogens (tertiary/aromatic N) is 1. The average Bonchev–Trinajstić information content (AvgIpc) is 2.77. The first kappa shape index (κ1) is 12.9. The number of rotatable bonds is 1. The Morgan fingerprint density at radius 3 is 2.25 bits per heavy atom. The molecule has 0 aliphatic heterocycles. The lowest BCUT2D eigenvalue weighted by Crippen LogP contribution is -2.03. The van der Waals surface area contributed by atoms with Crippen molar-refractivity contribution in [2.24, 2.45) is 0 Å². The predicted molar refractivity (Wildman–Crippen MR) is 74.5 cm³/mol. The first-order valence-corrected chi connectivity index (χ1v) is 6.59. The molecule has 1 aromatic heterocycles. The average molecular weight is 294 g/mol. The number of fused-ring (bicyclic) bond motifs is 1. The fourth-order valence-electron chi connectivity index (χ4n) is 1.98. The van der Waals surface area contributed by atoms with E-state index >= 15 is 0 Å². The Kier molecular flexibility index (Phi) is 2.90. The molecule has 0 bridgehead atoms. The molecule has 3 aromatic rings. The van der Waals surface area contributed by atoms with Crippen LogP contribution in [0, 0.1) is 0 Å². The highest BCUT2D eigenvalue weighted by Gasteiger charge is 2.29. The van der Waals surface area contributed by atoms with Crippen molar-refractivity contribution in [2.75, 3.05) is 5.73 Å². The summed E-state index contributed by atoms with van der Waals surface area (Å²) in [6.07, 6.45) is -4.31. The number of hydrogen-bond acceptors (Lipinski definition) is 3. The maximum absolute atomic E-state index is 12.5. The molecule has 1 heterocycles. The van der Waals surface area contributed by atoms with E-state index in [1.54, 1.807) is 0 Å². The first-order chi connectivity index (χ1) is 9.43. The van der Waals surface area contributed by atoms with Crippen molar-refractivity contribution in [1.29, 1.82) is 0 Å². The van der Waals surface area contributed by atoms with Crippen LogP contribution in [0.4, 0.5) is 18.3 Å². The van der Waals surface area contributed by atoms with Crippen LogP contribution in [0.3, 0.4) is 0 Å². The Balaban J connectivity index is 2.02. The van der Waals surface area contributed by atoms with E-state index in [1.165, 1.54) is 23.5 Å². The van der Waals surface area contributed by atoms with Gasteiger partial charge in [0.05, 0.1) is 15.8 Å². The summed E-state index contributed by atoms with van der Waals surface area (Å²) < 4.78 is 38.5. The third-order valence-electron chi connectivity index (χ3n) is 2.95. The summed E-state index contributed by atoms with van der Waals surface area (Å²) in [4.78, 5) is 4.17. The largest absolute Gasteiger partial charge is 0.416 e. The van der Waals surface area contributed by atoms with Crippen molar-refractivity contribution in [3.8, 4) is 11.1 Å². The van der Waals surface area contributed by atoms with E-state index < -0.39 is 11.7 Å².